The van der Waals surface area contributed by atoms with Gasteiger partial charge in [-0.1, -0.05) is 35.5 Å². The Morgan fingerprint density at radius 1 is 1.27 bits per heavy atom. The van der Waals surface area contributed by atoms with E-state index in [0.717, 1.165) is 5.56 Å². The molecule has 0 unspecified atom stereocenters. The standard InChI is InChI=1S/C11H12N2O2/c1-11(2,8-6-4-3-5-7-8)9-12-10(14)15-13-9/h3-7H,1-2H3,(H,12,13,14). The molecule has 0 saturated heterocycles. The summed E-state index contributed by atoms with van der Waals surface area (Å²) in [4.78, 5) is 13.5. The summed E-state index contributed by atoms with van der Waals surface area (Å²) in [5.41, 5.74) is 0.725. The van der Waals surface area contributed by atoms with Gasteiger partial charge in [-0.3, -0.25) is 9.51 Å². The fourth-order valence-corrected chi connectivity index (χ4v) is 1.49. The lowest BCUT2D eigenvalue weighted by molar-refractivity contribution is 0.372. The highest BCUT2D eigenvalue weighted by Gasteiger charge is 2.27. The van der Waals surface area contributed by atoms with E-state index in [0.29, 0.717) is 5.82 Å². The number of aromatic nitrogens is 2. The summed E-state index contributed by atoms with van der Waals surface area (Å²) in [6.07, 6.45) is 0. The van der Waals surface area contributed by atoms with Gasteiger partial charge in [0.15, 0.2) is 5.82 Å². The molecule has 0 atom stereocenters. The van der Waals surface area contributed by atoms with E-state index in [-0.39, 0.29) is 5.41 Å². The Morgan fingerprint density at radius 2 is 1.93 bits per heavy atom. The van der Waals surface area contributed by atoms with Gasteiger partial charge < -0.3 is 0 Å². The molecule has 1 N–H and O–H groups in total. The molecule has 0 fully saturated rings. The van der Waals surface area contributed by atoms with Crippen LogP contribution in [0.4, 0.5) is 0 Å². The third-order valence-electron chi connectivity index (χ3n) is 2.53. The number of nitrogens with one attached hydrogen (secondary N) is 1. The highest BCUT2D eigenvalue weighted by atomic mass is 16.5. The van der Waals surface area contributed by atoms with Crippen LogP contribution in [0.5, 0.6) is 0 Å². The molecule has 1 aromatic carbocycles. The third kappa shape index (κ3) is 1.70. The maximum Gasteiger partial charge on any atom is 0.438 e. The first-order valence-corrected chi connectivity index (χ1v) is 4.73. The zero-order valence-corrected chi connectivity index (χ0v) is 8.65. The molecule has 4 nitrogen and oxygen atoms in total. The fourth-order valence-electron chi connectivity index (χ4n) is 1.49. The minimum absolute atomic E-state index is 0.354. The van der Waals surface area contributed by atoms with Crippen molar-refractivity contribution in [1.82, 2.24) is 10.1 Å². The second kappa shape index (κ2) is 3.38. The molecule has 15 heavy (non-hydrogen) atoms. The van der Waals surface area contributed by atoms with Gasteiger partial charge in [0.1, 0.15) is 0 Å². The Hall–Kier alpha value is -1.84. The maximum atomic E-state index is 10.9. The highest BCUT2D eigenvalue weighted by molar-refractivity contribution is 5.29. The third-order valence-corrected chi connectivity index (χ3v) is 2.53. The number of aromatic amines is 1. The van der Waals surface area contributed by atoms with Crippen molar-refractivity contribution in [2.75, 3.05) is 0 Å². The molecule has 0 spiro atoms. The first-order chi connectivity index (χ1) is 7.10. The van der Waals surface area contributed by atoms with Gasteiger partial charge >= 0.3 is 5.76 Å². The number of rotatable bonds is 2. The average molecular weight is 204 g/mol. The minimum atomic E-state index is -0.519. The van der Waals surface area contributed by atoms with Crippen molar-refractivity contribution in [3.05, 3.63) is 52.3 Å². The van der Waals surface area contributed by atoms with E-state index in [1.807, 2.05) is 44.2 Å². The Morgan fingerprint density at radius 3 is 2.47 bits per heavy atom. The number of benzene rings is 1. The summed E-state index contributed by atoms with van der Waals surface area (Å²) in [5.74, 6) is 0.0210. The lowest BCUT2D eigenvalue weighted by Crippen LogP contribution is -2.21. The van der Waals surface area contributed by atoms with Crippen LogP contribution in [-0.4, -0.2) is 10.1 Å². The molecule has 0 saturated carbocycles. The molecule has 4 heteroatoms. The number of hydrogen-bond donors (Lipinski definition) is 1. The fraction of sp³-hybridized carbons (Fsp3) is 0.273. The zero-order chi connectivity index (χ0) is 10.9. The van der Waals surface area contributed by atoms with Crippen molar-refractivity contribution in [2.45, 2.75) is 19.3 Å². The first-order valence-electron chi connectivity index (χ1n) is 4.73. The monoisotopic (exact) mass is 204 g/mol. The van der Waals surface area contributed by atoms with Crippen molar-refractivity contribution in [3.8, 4) is 0 Å². The summed E-state index contributed by atoms with van der Waals surface area (Å²) >= 11 is 0. The van der Waals surface area contributed by atoms with Crippen molar-refractivity contribution < 1.29 is 4.52 Å². The van der Waals surface area contributed by atoms with E-state index in [2.05, 4.69) is 14.7 Å². The molecule has 0 amide bonds. The predicted molar refractivity (Wildman–Crippen MR) is 55.7 cm³/mol. The van der Waals surface area contributed by atoms with Gasteiger partial charge in [0, 0.05) is 0 Å². The summed E-state index contributed by atoms with van der Waals surface area (Å²) in [5, 5.41) is 3.72. The Labute approximate surface area is 86.9 Å². The molecule has 0 radical (unpaired) electrons. The predicted octanol–water partition coefficient (Wildman–Crippen LogP) is 1.69. The van der Waals surface area contributed by atoms with Gasteiger partial charge in [-0.15, -0.1) is 0 Å². The number of hydrogen-bond acceptors (Lipinski definition) is 3. The summed E-state index contributed by atoms with van der Waals surface area (Å²) < 4.78 is 4.51. The zero-order valence-electron chi connectivity index (χ0n) is 8.65. The normalized spacial score (nSPS) is 11.6. The molecular weight excluding hydrogens is 192 g/mol. The van der Waals surface area contributed by atoms with Crippen LogP contribution < -0.4 is 5.76 Å². The Balaban J connectivity index is 2.48. The van der Waals surface area contributed by atoms with Crippen LogP contribution in [0.15, 0.2) is 39.6 Å². The second-order valence-corrected chi connectivity index (χ2v) is 3.93. The number of H-pyrrole nitrogens is 1. The van der Waals surface area contributed by atoms with E-state index >= 15 is 0 Å². The molecule has 0 bridgehead atoms. The van der Waals surface area contributed by atoms with Crippen LogP contribution in [0.25, 0.3) is 0 Å². The van der Waals surface area contributed by atoms with Crippen LogP contribution in [0.3, 0.4) is 0 Å². The molecule has 0 aliphatic heterocycles. The summed E-state index contributed by atoms with van der Waals surface area (Å²) in [6, 6.07) is 9.84. The van der Waals surface area contributed by atoms with Crippen molar-refractivity contribution in [2.24, 2.45) is 0 Å². The quantitative estimate of drug-likeness (QED) is 0.809. The molecule has 2 aromatic rings. The first kappa shape index (κ1) is 9.71. The van der Waals surface area contributed by atoms with Crippen LogP contribution >= 0.6 is 0 Å². The van der Waals surface area contributed by atoms with E-state index in [4.69, 9.17) is 0 Å². The van der Waals surface area contributed by atoms with Gasteiger partial charge in [0.05, 0.1) is 5.41 Å². The van der Waals surface area contributed by atoms with Crippen molar-refractivity contribution in [3.63, 3.8) is 0 Å². The highest BCUT2D eigenvalue weighted by Crippen LogP contribution is 2.27. The van der Waals surface area contributed by atoms with Crippen LogP contribution in [-0.2, 0) is 5.41 Å². The van der Waals surface area contributed by atoms with Gasteiger partial charge in [0.2, 0.25) is 0 Å². The maximum absolute atomic E-state index is 10.9. The Bertz CT molecular complexity index is 497. The minimum Gasteiger partial charge on any atom is -0.296 e. The van der Waals surface area contributed by atoms with Gasteiger partial charge in [-0.2, -0.15) is 0 Å². The smallest absolute Gasteiger partial charge is 0.296 e. The topological polar surface area (TPSA) is 58.9 Å². The lowest BCUT2D eigenvalue weighted by Gasteiger charge is -2.21. The van der Waals surface area contributed by atoms with Crippen LogP contribution in [0.1, 0.15) is 25.2 Å². The molecule has 1 heterocycles. The molecule has 0 aliphatic rings. The largest absolute Gasteiger partial charge is 0.438 e. The van der Waals surface area contributed by atoms with Gasteiger partial charge in [-0.05, 0) is 19.4 Å². The van der Waals surface area contributed by atoms with Crippen LogP contribution in [0, 0.1) is 0 Å². The van der Waals surface area contributed by atoms with Gasteiger partial charge in [-0.25, -0.2) is 4.79 Å². The SMILES string of the molecule is CC(C)(c1ccccc1)c1noc(=O)[nH]1. The van der Waals surface area contributed by atoms with Gasteiger partial charge in [0.25, 0.3) is 0 Å². The lowest BCUT2D eigenvalue weighted by atomic mass is 9.84. The van der Waals surface area contributed by atoms with E-state index < -0.39 is 5.76 Å². The summed E-state index contributed by atoms with van der Waals surface area (Å²) in [7, 11) is 0. The Kier molecular flexibility index (Phi) is 2.19. The van der Waals surface area contributed by atoms with E-state index in [1.165, 1.54) is 0 Å². The molecule has 0 aliphatic carbocycles. The second-order valence-electron chi connectivity index (χ2n) is 3.93. The van der Waals surface area contributed by atoms with Crippen molar-refractivity contribution in [1.29, 1.82) is 0 Å². The average Bonchev–Trinajstić information content (AvgIpc) is 2.67. The molecule has 1 aromatic heterocycles. The molecule has 2 rings (SSSR count). The summed E-state index contributed by atoms with van der Waals surface area (Å²) in [6.45, 7) is 3.96. The molecular formula is C11H12N2O2. The number of nitrogens with zero attached hydrogens (tertiary/aromatic N) is 1. The van der Waals surface area contributed by atoms with E-state index in [9.17, 15) is 4.79 Å². The van der Waals surface area contributed by atoms with Crippen molar-refractivity contribution >= 4 is 0 Å². The van der Waals surface area contributed by atoms with Crippen LogP contribution in [0.2, 0.25) is 0 Å². The molecule has 78 valence electrons. The van der Waals surface area contributed by atoms with E-state index in [1.54, 1.807) is 0 Å².